The molecule has 1 fully saturated rings. The molecule has 3 atom stereocenters. The van der Waals surface area contributed by atoms with E-state index in [1.165, 1.54) is 9.80 Å². The number of nitrogens with one attached hydrogen (secondary N) is 1. The van der Waals surface area contributed by atoms with Crippen LogP contribution in [-0.2, 0) is 37.0 Å². The van der Waals surface area contributed by atoms with Gasteiger partial charge in [-0.3, -0.25) is 9.69 Å². The fourth-order valence-corrected chi connectivity index (χ4v) is 5.24. The summed E-state index contributed by atoms with van der Waals surface area (Å²) >= 11 is 0. The highest BCUT2D eigenvalue weighted by atomic mass is 16.6. The molecule has 0 bridgehead atoms. The van der Waals surface area contributed by atoms with Crippen LogP contribution in [0.1, 0.15) is 65.5 Å². The fourth-order valence-electron chi connectivity index (χ4n) is 5.24. The maximum Gasteiger partial charge on any atom is 0.411 e. The van der Waals surface area contributed by atoms with E-state index in [0.29, 0.717) is 0 Å². The largest absolute Gasteiger partial charge is 0.459 e. The number of hydrogen-bond donors (Lipinski definition) is 1. The van der Waals surface area contributed by atoms with Gasteiger partial charge in [0.25, 0.3) is 0 Å². The molecule has 1 aliphatic rings. The van der Waals surface area contributed by atoms with Crippen molar-refractivity contribution in [3.05, 3.63) is 83.9 Å². The number of likely N-dealkylation sites (tertiary alicyclic amines) is 1. The molecule has 0 saturated carbocycles. The van der Waals surface area contributed by atoms with E-state index in [1.54, 1.807) is 33.9 Å². The Morgan fingerprint density at radius 3 is 2.04 bits per heavy atom. The first-order valence-corrected chi connectivity index (χ1v) is 15.3. The van der Waals surface area contributed by atoms with Crippen LogP contribution in [-0.4, -0.2) is 70.7 Å². The first-order chi connectivity index (χ1) is 21.3. The van der Waals surface area contributed by atoms with Crippen LogP contribution in [0.15, 0.2) is 72.8 Å². The van der Waals surface area contributed by atoms with Crippen molar-refractivity contribution in [3.8, 4) is 0 Å². The molecule has 2 aromatic rings. The highest BCUT2D eigenvalue weighted by molar-refractivity contribution is 5.89. The standard InChI is InChI=1S/C35H47N3O7/c1-8-9-20-35(31(40)43-23-26-16-12-10-13-17-26)21-28(22-38(35)33(42)44-24-27-18-14-11-15-19-27)37(7)30(39)29(25(2)3)36-32(41)45-34(4,5)6/h8-19,25,28-29H,20-24H2,1-7H3,(H,36,41)/b9-8+. The van der Waals surface area contributed by atoms with Crippen LogP contribution in [0, 0.1) is 5.92 Å². The minimum atomic E-state index is -1.43. The average Bonchev–Trinajstić information content (AvgIpc) is 3.40. The van der Waals surface area contributed by atoms with Gasteiger partial charge in [0.2, 0.25) is 5.91 Å². The monoisotopic (exact) mass is 621 g/mol. The first-order valence-electron chi connectivity index (χ1n) is 15.3. The Balaban J connectivity index is 1.91. The Bertz CT molecular complexity index is 1320. The molecule has 0 aliphatic carbocycles. The quantitative estimate of drug-likeness (QED) is 0.190. The number of likely N-dealkylation sites (N-methyl/N-ethyl adjacent to an activating group) is 1. The average molecular weight is 622 g/mol. The molecule has 1 heterocycles. The third-order valence-corrected chi connectivity index (χ3v) is 7.69. The second kappa shape index (κ2) is 15.6. The normalized spacial score (nSPS) is 18.8. The van der Waals surface area contributed by atoms with Crippen molar-refractivity contribution in [2.75, 3.05) is 13.6 Å². The third-order valence-electron chi connectivity index (χ3n) is 7.69. The van der Waals surface area contributed by atoms with E-state index in [1.807, 2.05) is 87.5 Å². The number of esters is 1. The molecule has 45 heavy (non-hydrogen) atoms. The number of nitrogens with zero attached hydrogens (tertiary/aromatic N) is 2. The summed E-state index contributed by atoms with van der Waals surface area (Å²) < 4.78 is 16.9. The summed E-state index contributed by atoms with van der Waals surface area (Å²) in [5, 5.41) is 2.71. The highest BCUT2D eigenvalue weighted by Gasteiger charge is 2.56. The molecule has 1 N–H and O–H groups in total. The van der Waals surface area contributed by atoms with Crippen LogP contribution < -0.4 is 5.32 Å². The van der Waals surface area contributed by atoms with Gasteiger partial charge in [-0.15, -0.1) is 0 Å². The van der Waals surface area contributed by atoms with Crippen molar-refractivity contribution >= 4 is 24.1 Å². The van der Waals surface area contributed by atoms with Crippen LogP contribution in [0.25, 0.3) is 0 Å². The molecule has 0 spiro atoms. The van der Waals surface area contributed by atoms with Crippen molar-refractivity contribution in [2.45, 2.75) is 90.8 Å². The van der Waals surface area contributed by atoms with E-state index in [-0.39, 0.29) is 44.4 Å². The number of benzene rings is 2. The molecule has 1 saturated heterocycles. The lowest BCUT2D eigenvalue weighted by molar-refractivity contribution is -0.157. The maximum atomic E-state index is 14.0. The molecule has 0 aromatic heterocycles. The molecule has 244 valence electrons. The van der Waals surface area contributed by atoms with Crippen LogP contribution in [0.5, 0.6) is 0 Å². The summed E-state index contributed by atoms with van der Waals surface area (Å²) in [4.78, 5) is 57.1. The van der Waals surface area contributed by atoms with Crippen molar-refractivity contribution in [2.24, 2.45) is 5.92 Å². The summed E-state index contributed by atoms with van der Waals surface area (Å²) in [5.41, 5.74) is -0.563. The second-order valence-electron chi connectivity index (χ2n) is 12.7. The molecule has 0 radical (unpaired) electrons. The molecule has 10 nitrogen and oxygen atoms in total. The topological polar surface area (TPSA) is 114 Å². The lowest BCUT2D eigenvalue weighted by atomic mass is 9.90. The van der Waals surface area contributed by atoms with Crippen LogP contribution in [0.2, 0.25) is 0 Å². The zero-order valence-electron chi connectivity index (χ0n) is 27.4. The number of rotatable bonds is 11. The first kappa shape index (κ1) is 35.1. The zero-order valence-corrected chi connectivity index (χ0v) is 27.4. The lowest BCUT2D eigenvalue weighted by Crippen LogP contribution is -2.54. The highest BCUT2D eigenvalue weighted by Crippen LogP contribution is 2.38. The van der Waals surface area contributed by atoms with Crippen LogP contribution in [0.4, 0.5) is 9.59 Å². The van der Waals surface area contributed by atoms with Gasteiger partial charge >= 0.3 is 18.2 Å². The van der Waals surface area contributed by atoms with Crippen LogP contribution in [0.3, 0.4) is 0 Å². The van der Waals surface area contributed by atoms with Gasteiger partial charge in [-0.25, -0.2) is 14.4 Å². The number of carbonyl (C=O) groups is 4. The van der Waals surface area contributed by atoms with Gasteiger partial charge in [-0.1, -0.05) is 86.7 Å². The number of amides is 3. The minimum absolute atomic E-state index is 0.0175. The summed E-state index contributed by atoms with van der Waals surface area (Å²) in [5.74, 6) is -1.21. The molecule has 1 aliphatic heterocycles. The summed E-state index contributed by atoms with van der Waals surface area (Å²) in [6.07, 6.45) is 2.52. The van der Waals surface area contributed by atoms with Gasteiger partial charge < -0.3 is 24.4 Å². The Kier molecular flexibility index (Phi) is 12.2. The molecule has 3 rings (SSSR count). The fraction of sp³-hybridized carbons (Fsp3) is 0.486. The van der Waals surface area contributed by atoms with E-state index >= 15 is 0 Å². The van der Waals surface area contributed by atoms with Crippen molar-refractivity contribution in [3.63, 3.8) is 0 Å². The summed E-state index contributed by atoms with van der Waals surface area (Å²) in [7, 11) is 1.62. The number of hydrogen-bond acceptors (Lipinski definition) is 7. The predicted octanol–water partition coefficient (Wildman–Crippen LogP) is 5.85. The van der Waals surface area contributed by atoms with Crippen molar-refractivity contribution < 1.29 is 33.4 Å². The summed E-state index contributed by atoms with van der Waals surface area (Å²) in [6.45, 7) is 10.8. The Hall–Kier alpha value is -4.34. The maximum absolute atomic E-state index is 14.0. The SMILES string of the molecule is C/C=C/CC1(C(=O)OCc2ccccc2)CC(N(C)C(=O)C(NC(=O)OC(C)(C)C)C(C)C)CN1C(=O)OCc1ccccc1. The molecule has 3 amide bonds. The van der Waals surface area contributed by atoms with Gasteiger partial charge in [0.15, 0.2) is 0 Å². The molecule has 3 unspecified atom stereocenters. The van der Waals surface area contributed by atoms with Gasteiger partial charge in [-0.2, -0.15) is 0 Å². The molecule has 2 aromatic carbocycles. The van der Waals surface area contributed by atoms with Gasteiger partial charge in [0.1, 0.15) is 30.4 Å². The number of alkyl carbamates (subject to hydrolysis) is 1. The molecule has 10 heteroatoms. The van der Waals surface area contributed by atoms with E-state index < -0.39 is 41.4 Å². The van der Waals surface area contributed by atoms with E-state index in [4.69, 9.17) is 14.2 Å². The minimum Gasteiger partial charge on any atom is -0.459 e. The smallest absolute Gasteiger partial charge is 0.411 e. The number of ether oxygens (including phenoxy) is 3. The molecular weight excluding hydrogens is 574 g/mol. The van der Waals surface area contributed by atoms with Gasteiger partial charge in [-0.05, 0) is 51.2 Å². The van der Waals surface area contributed by atoms with E-state index in [2.05, 4.69) is 5.32 Å². The van der Waals surface area contributed by atoms with E-state index in [0.717, 1.165) is 11.1 Å². The Labute approximate surface area is 266 Å². The van der Waals surface area contributed by atoms with Gasteiger partial charge in [0, 0.05) is 20.0 Å². The zero-order chi connectivity index (χ0) is 33.2. The van der Waals surface area contributed by atoms with Crippen LogP contribution >= 0.6 is 0 Å². The van der Waals surface area contributed by atoms with Crippen molar-refractivity contribution in [1.29, 1.82) is 0 Å². The second-order valence-corrected chi connectivity index (χ2v) is 12.7. The lowest BCUT2D eigenvalue weighted by Gasteiger charge is -2.34. The third kappa shape index (κ3) is 9.57. The molecular formula is C35H47N3O7. The van der Waals surface area contributed by atoms with Crippen molar-refractivity contribution in [1.82, 2.24) is 15.1 Å². The summed E-state index contributed by atoms with van der Waals surface area (Å²) in [6, 6.07) is 17.1. The number of allylic oxidation sites excluding steroid dienone is 1. The number of carbonyl (C=O) groups excluding carboxylic acids is 4. The van der Waals surface area contributed by atoms with Gasteiger partial charge in [0.05, 0.1) is 6.04 Å². The Morgan fingerprint density at radius 1 is 0.978 bits per heavy atom. The van der Waals surface area contributed by atoms with E-state index in [9.17, 15) is 19.2 Å². The Morgan fingerprint density at radius 2 is 1.53 bits per heavy atom. The predicted molar refractivity (Wildman–Crippen MR) is 171 cm³/mol.